The highest BCUT2D eigenvalue weighted by Crippen LogP contribution is 1.71. The fraction of sp³-hybridized carbons (Fsp3) is 1.00. The standard InChI is InChI=1S/C6H15NO2/c1-3-7-4-5-9-6-8-2/h7H,3-6H2,1-2H3. The average Bonchev–Trinajstić information content (AvgIpc) is 1.89. The van der Waals surface area contributed by atoms with Crippen LogP contribution in [0.5, 0.6) is 0 Å². The van der Waals surface area contributed by atoms with Crippen molar-refractivity contribution in [2.45, 2.75) is 6.92 Å². The molecule has 3 nitrogen and oxygen atoms in total. The second kappa shape index (κ2) is 7.88. The second-order valence-corrected chi connectivity index (χ2v) is 1.67. The number of nitrogens with one attached hydrogen (secondary N) is 1. The zero-order valence-corrected chi connectivity index (χ0v) is 6.14. The Morgan fingerprint density at radius 1 is 1.44 bits per heavy atom. The molecule has 0 bridgehead atoms. The summed E-state index contributed by atoms with van der Waals surface area (Å²) in [4.78, 5) is 0. The van der Waals surface area contributed by atoms with Crippen LogP contribution < -0.4 is 5.32 Å². The van der Waals surface area contributed by atoms with Crippen LogP contribution in [0.25, 0.3) is 0 Å². The summed E-state index contributed by atoms with van der Waals surface area (Å²) in [5.74, 6) is 0. The largest absolute Gasteiger partial charge is 0.359 e. The minimum Gasteiger partial charge on any atom is -0.359 e. The molecule has 0 spiro atoms. The van der Waals surface area contributed by atoms with E-state index >= 15 is 0 Å². The van der Waals surface area contributed by atoms with Crippen molar-refractivity contribution in [3.63, 3.8) is 0 Å². The van der Waals surface area contributed by atoms with Crippen molar-refractivity contribution in [3.05, 3.63) is 0 Å². The summed E-state index contributed by atoms with van der Waals surface area (Å²) in [7, 11) is 1.62. The van der Waals surface area contributed by atoms with E-state index in [1.165, 1.54) is 0 Å². The second-order valence-electron chi connectivity index (χ2n) is 1.67. The van der Waals surface area contributed by atoms with Crippen molar-refractivity contribution in [1.82, 2.24) is 5.32 Å². The lowest BCUT2D eigenvalue weighted by Gasteiger charge is -2.01. The molecule has 0 radical (unpaired) electrons. The van der Waals surface area contributed by atoms with Crippen molar-refractivity contribution in [3.8, 4) is 0 Å². The number of likely N-dealkylation sites (N-methyl/N-ethyl adjacent to an activating group) is 1. The Hall–Kier alpha value is -0.120. The van der Waals surface area contributed by atoms with Gasteiger partial charge in [-0.1, -0.05) is 6.92 Å². The van der Waals surface area contributed by atoms with E-state index < -0.39 is 0 Å². The van der Waals surface area contributed by atoms with Crippen molar-refractivity contribution < 1.29 is 9.47 Å². The smallest absolute Gasteiger partial charge is 0.146 e. The molecule has 0 rings (SSSR count). The molecule has 0 saturated carbocycles. The van der Waals surface area contributed by atoms with E-state index in [0.29, 0.717) is 6.79 Å². The molecule has 0 atom stereocenters. The molecule has 3 heteroatoms. The van der Waals surface area contributed by atoms with Crippen LogP contribution in [0, 0.1) is 0 Å². The molecule has 0 heterocycles. The highest BCUT2D eigenvalue weighted by molar-refractivity contribution is 4.37. The number of hydrogen-bond donors (Lipinski definition) is 1. The first-order valence-corrected chi connectivity index (χ1v) is 3.19. The van der Waals surface area contributed by atoms with Gasteiger partial charge in [0, 0.05) is 13.7 Å². The summed E-state index contributed by atoms with van der Waals surface area (Å²) in [5, 5.41) is 3.13. The van der Waals surface area contributed by atoms with Crippen LogP contribution in [0.1, 0.15) is 6.92 Å². The van der Waals surface area contributed by atoms with Gasteiger partial charge in [0.15, 0.2) is 0 Å². The van der Waals surface area contributed by atoms with E-state index in [1.807, 2.05) is 0 Å². The number of rotatable bonds is 6. The molecule has 0 aromatic heterocycles. The van der Waals surface area contributed by atoms with Crippen LogP contribution in [0.3, 0.4) is 0 Å². The van der Waals surface area contributed by atoms with Crippen LogP contribution in [0.15, 0.2) is 0 Å². The Morgan fingerprint density at radius 3 is 2.78 bits per heavy atom. The number of ether oxygens (including phenoxy) is 2. The van der Waals surface area contributed by atoms with Crippen molar-refractivity contribution in [2.24, 2.45) is 0 Å². The third kappa shape index (κ3) is 7.88. The Morgan fingerprint density at radius 2 is 2.22 bits per heavy atom. The third-order valence-corrected chi connectivity index (χ3v) is 0.874. The van der Waals surface area contributed by atoms with Crippen LogP contribution in [-0.2, 0) is 9.47 Å². The van der Waals surface area contributed by atoms with E-state index in [1.54, 1.807) is 7.11 Å². The van der Waals surface area contributed by atoms with Gasteiger partial charge in [0.1, 0.15) is 6.79 Å². The Labute approximate surface area is 56.3 Å². The SMILES string of the molecule is CCNCCOCOC. The molecule has 9 heavy (non-hydrogen) atoms. The van der Waals surface area contributed by atoms with Gasteiger partial charge in [0.05, 0.1) is 6.61 Å². The maximum absolute atomic E-state index is 5.00. The molecule has 0 aromatic carbocycles. The Kier molecular flexibility index (Phi) is 7.77. The van der Waals surface area contributed by atoms with Gasteiger partial charge in [-0.25, -0.2) is 0 Å². The summed E-state index contributed by atoms with van der Waals surface area (Å²) >= 11 is 0. The zero-order chi connectivity index (χ0) is 6.95. The first-order valence-electron chi connectivity index (χ1n) is 3.19. The molecule has 0 unspecified atom stereocenters. The normalized spacial score (nSPS) is 10.0. The first kappa shape index (κ1) is 8.88. The minimum absolute atomic E-state index is 0.394. The Bertz CT molecular complexity index is 44.3. The average molecular weight is 133 g/mol. The van der Waals surface area contributed by atoms with Gasteiger partial charge < -0.3 is 14.8 Å². The quantitative estimate of drug-likeness (QED) is 0.415. The van der Waals surface area contributed by atoms with Gasteiger partial charge >= 0.3 is 0 Å². The molecular weight excluding hydrogens is 118 g/mol. The topological polar surface area (TPSA) is 30.5 Å². The molecule has 0 fully saturated rings. The summed E-state index contributed by atoms with van der Waals surface area (Å²) in [6.45, 7) is 5.08. The zero-order valence-electron chi connectivity index (χ0n) is 6.14. The van der Waals surface area contributed by atoms with Gasteiger partial charge in [0.25, 0.3) is 0 Å². The Balaban J connectivity index is 2.60. The van der Waals surface area contributed by atoms with E-state index in [-0.39, 0.29) is 0 Å². The molecule has 0 saturated heterocycles. The monoisotopic (exact) mass is 133 g/mol. The van der Waals surface area contributed by atoms with E-state index in [9.17, 15) is 0 Å². The molecule has 0 aromatic rings. The summed E-state index contributed by atoms with van der Waals surface area (Å²) in [6.07, 6.45) is 0. The lowest BCUT2D eigenvalue weighted by Crippen LogP contribution is -2.19. The maximum atomic E-state index is 5.00. The van der Waals surface area contributed by atoms with Crippen LogP contribution in [0.2, 0.25) is 0 Å². The van der Waals surface area contributed by atoms with Crippen LogP contribution in [-0.4, -0.2) is 33.6 Å². The highest BCUT2D eigenvalue weighted by Gasteiger charge is 1.82. The van der Waals surface area contributed by atoms with Crippen molar-refractivity contribution in [1.29, 1.82) is 0 Å². The molecular formula is C6H15NO2. The predicted octanol–water partition coefficient (Wildman–Crippen LogP) is 0.216. The molecule has 0 aliphatic carbocycles. The van der Waals surface area contributed by atoms with Crippen molar-refractivity contribution in [2.75, 3.05) is 33.6 Å². The summed E-state index contributed by atoms with van der Waals surface area (Å²) in [5.41, 5.74) is 0. The number of hydrogen-bond acceptors (Lipinski definition) is 3. The molecule has 0 aliphatic rings. The fourth-order valence-electron chi connectivity index (χ4n) is 0.463. The summed E-state index contributed by atoms with van der Waals surface area (Å²) < 4.78 is 9.67. The molecule has 56 valence electrons. The predicted molar refractivity (Wildman–Crippen MR) is 36.4 cm³/mol. The van der Waals surface area contributed by atoms with Gasteiger partial charge in [0.2, 0.25) is 0 Å². The summed E-state index contributed by atoms with van der Waals surface area (Å²) in [6, 6.07) is 0. The molecule has 0 aliphatic heterocycles. The first-order chi connectivity index (χ1) is 4.41. The lowest BCUT2D eigenvalue weighted by atomic mass is 10.6. The van der Waals surface area contributed by atoms with E-state index in [2.05, 4.69) is 17.0 Å². The van der Waals surface area contributed by atoms with Crippen LogP contribution >= 0.6 is 0 Å². The van der Waals surface area contributed by atoms with Gasteiger partial charge in [-0.05, 0) is 6.54 Å². The lowest BCUT2D eigenvalue weighted by molar-refractivity contribution is -0.0288. The van der Waals surface area contributed by atoms with Gasteiger partial charge in [-0.2, -0.15) is 0 Å². The minimum atomic E-state index is 0.394. The molecule has 1 N–H and O–H groups in total. The fourth-order valence-corrected chi connectivity index (χ4v) is 0.463. The maximum Gasteiger partial charge on any atom is 0.146 e. The van der Waals surface area contributed by atoms with Gasteiger partial charge in [-0.15, -0.1) is 0 Å². The van der Waals surface area contributed by atoms with Gasteiger partial charge in [-0.3, -0.25) is 0 Å². The van der Waals surface area contributed by atoms with Crippen molar-refractivity contribution >= 4 is 0 Å². The third-order valence-electron chi connectivity index (χ3n) is 0.874. The molecule has 0 amide bonds. The van der Waals surface area contributed by atoms with E-state index in [4.69, 9.17) is 4.74 Å². The number of methoxy groups -OCH3 is 1. The van der Waals surface area contributed by atoms with Crippen LogP contribution in [0.4, 0.5) is 0 Å². The van der Waals surface area contributed by atoms with E-state index in [0.717, 1.165) is 19.7 Å². The highest BCUT2D eigenvalue weighted by atomic mass is 16.7.